The summed E-state index contributed by atoms with van der Waals surface area (Å²) in [5, 5.41) is 14.4. The van der Waals surface area contributed by atoms with E-state index < -0.39 is 23.9 Å². The third-order valence-electron chi connectivity index (χ3n) is 3.35. The Bertz CT molecular complexity index is 1040. The third kappa shape index (κ3) is 3.35. The SMILES string of the molecule is O=C(O)CNC(=O)c1c(=O)cc(-c2cc(Cl)cc(Cl)c2)n2[nH]cnc12. The van der Waals surface area contributed by atoms with Crippen LogP contribution in [0.4, 0.5) is 0 Å². The molecule has 2 aromatic heterocycles. The van der Waals surface area contributed by atoms with E-state index in [1.165, 1.54) is 16.9 Å². The number of aliphatic carboxylic acids is 1. The van der Waals surface area contributed by atoms with Crippen molar-refractivity contribution in [2.45, 2.75) is 0 Å². The molecule has 2 heterocycles. The molecule has 0 bridgehead atoms. The first-order valence-electron chi connectivity index (χ1n) is 6.92. The van der Waals surface area contributed by atoms with Gasteiger partial charge < -0.3 is 10.4 Å². The number of fused-ring (bicyclic) bond motifs is 1. The van der Waals surface area contributed by atoms with Gasteiger partial charge in [-0.2, -0.15) is 0 Å². The summed E-state index contributed by atoms with van der Waals surface area (Å²) in [6.45, 7) is -0.611. The Morgan fingerprint density at radius 1 is 1.20 bits per heavy atom. The average molecular weight is 381 g/mol. The highest BCUT2D eigenvalue weighted by Crippen LogP contribution is 2.27. The van der Waals surface area contributed by atoms with Gasteiger partial charge in [-0.1, -0.05) is 23.2 Å². The van der Waals surface area contributed by atoms with E-state index in [-0.39, 0.29) is 11.2 Å². The average Bonchev–Trinajstić information content (AvgIpc) is 2.99. The maximum Gasteiger partial charge on any atom is 0.322 e. The number of aromatic amines is 1. The van der Waals surface area contributed by atoms with Crippen LogP contribution in [0, 0.1) is 0 Å². The summed E-state index contributed by atoms with van der Waals surface area (Å²) in [6, 6.07) is 6.00. The summed E-state index contributed by atoms with van der Waals surface area (Å²) in [7, 11) is 0. The number of carbonyl (C=O) groups excluding carboxylic acids is 1. The Morgan fingerprint density at radius 3 is 2.52 bits per heavy atom. The van der Waals surface area contributed by atoms with Crippen LogP contribution >= 0.6 is 23.2 Å². The number of nitrogens with zero attached hydrogens (tertiary/aromatic N) is 2. The molecule has 0 saturated heterocycles. The summed E-state index contributed by atoms with van der Waals surface area (Å²) in [5.41, 5.74) is 0.130. The first-order valence-corrected chi connectivity index (χ1v) is 7.68. The molecule has 0 fully saturated rings. The molecule has 128 valence electrons. The first-order chi connectivity index (χ1) is 11.9. The number of carboxylic acids is 1. The molecule has 3 rings (SSSR count). The summed E-state index contributed by atoms with van der Waals surface area (Å²) in [6.07, 6.45) is 1.30. The van der Waals surface area contributed by atoms with E-state index in [0.29, 0.717) is 21.3 Å². The Kier molecular flexibility index (Phi) is 4.47. The van der Waals surface area contributed by atoms with Gasteiger partial charge in [-0.05, 0) is 18.2 Å². The van der Waals surface area contributed by atoms with E-state index in [0.717, 1.165) is 0 Å². The molecule has 10 heteroatoms. The maximum absolute atomic E-state index is 12.4. The molecule has 3 N–H and O–H groups in total. The number of benzene rings is 1. The van der Waals surface area contributed by atoms with Crippen molar-refractivity contribution in [3.8, 4) is 11.3 Å². The van der Waals surface area contributed by atoms with E-state index in [9.17, 15) is 14.4 Å². The molecule has 0 radical (unpaired) electrons. The van der Waals surface area contributed by atoms with Crippen LogP contribution in [0.25, 0.3) is 16.9 Å². The van der Waals surface area contributed by atoms with Gasteiger partial charge in [-0.25, -0.2) is 9.50 Å². The quantitative estimate of drug-likeness (QED) is 0.637. The van der Waals surface area contributed by atoms with E-state index >= 15 is 0 Å². The van der Waals surface area contributed by atoms with Crippen molar-refractivity contribution < 1.29 is 14.7 Å². The summed E-state index contributed by atoms with van der Waals surface area (Å²) in [4.78, 5) is 39.2. The summed E-state index contributed by atoms with van der Waals surface area (Å²) < 4.78 is 1.42. The van der Waals surface area contributed by atoms with Gasteiger partial charge >= 0.3 is 5.97 Å². The first kappa shape index (κ1) is 17.0. The number of H-pyrrole nitrogens is 1. The van der Waals surface area contributed by atoms with Crippen molar-refractivity contribution in [3.05, 3.63) is 56.4 Å². The number of pyridine rings is 1. The van der Waals surface area contributed by atoms with Crippen LogP contribution in [0.5, 0.6) is 0 Å². The summed E-state index contributed by atoms with van der Waals surface area (Å²) >= 11 is 12.0. The maximum atomic E-state index is 12.4. The minimum absolute atomic E-state index is 0.0569. The highest BCUT2D eigenvalue weighted by molar-refractivity contribution is 6.35. The van der Waals surface area contributed by atoms with E-state index in [1.807, 2.05) is 0 Å². The van der Waals surface area contributed by atoms with Crippen LogP contribution in [0.15, 0.2) is 35.4 Å². The number of nitrogens with one attached hydrogen (secondary N) is 2. The van der Waals surface area contributed by atoms with Crippen molar-refractivity contribution >= 4 is 40.7 Å². The smallest absolute Gasteiger partial charge is 0.322 e. The molecule has 3 aromatic rings. The van der Waals surface area contributed by atoms with Crippen molar-refractivity contribution in [3.63, 3.8) is 0 Å². The highest BCUT2D eigenvalue weighted by atomic mass is 35.5. The molecule has 0 aliphatic heterocycles. The minimum atomic E-state index is -1.23. The largest absolute Gasteiger partial charge is 0.480 e. The molecule has 0 aliphatic rings. The molecule has 0 saturated carbocycles. The molecular formula is C15H10Cl2N4O4. The van der Waals surface area contributed by atoms with Crippen LogP contribution in [0.1, 0.15) is 10.4 Å². The molecular weight excluding hydrogens is 371 g/mol. The van der Waals surface area contributed by atoms with Gasteiger partial charge in [-0.3, -0.25) is 19.5 Å². The number of hydrogen-bond acceptors (Lipinski definition) is 4. The van der Waals surface area contributed by atoms with Crippen LogP contribution in [0.2, 0.25) is 10.0 Å². The lowest BCUT2D eigenvalue weighted by molar-refractivity contribution is -0.135. The fourth-order valence-electron chi connectivity index (χ4n) is 2.37. The Morgan fingerprint density at radius 2 is 1.88 bits per heavy atom. The van der Waals surface area contributed by atoms with Crippen LogP contribution in [-0.2, 0) is 4.79 Å². The van der Waals surface area contributed by atoms with Crippen molar-refractivity contribution in [1.82, 2.24) is 19.9 Å². The molecule has 1 amide bonds. The zero-order valence-corrected chi connectivity index (χ0v) is 13.9. The van der Waals surface area contributed by atoms with Gasteiger partial charge in [0.1, 0.15) is 18.4 Å². The topological polar surface area (TPSA) is 117 Å². The zero-order chi connectivity index (χ0) is 18.1. The van der Waals surface area contributed by atoms with Crippen molar-refractivity contribution in [2.24, 2.45) is 0 Å². The van der Waals surface area contributed by atoms with Crippen molar-refractivity contribution in [2.75, 3.05) is 6.54 Å². The third-order valence-corrected chi connectivity index (χ3v) is 3.79. The molecule has 0 spiro atoms. The van der Waals surface area contributed by atoms with E-state index in [4.69, 9.17) is 28.3 Å². The van der Waals surface area contributed by atoms with Crippen LogP contribution < -0.4 is 10.7 Å². The number of aromatic nitrogens is 3. The van der Waals surface area contributed by atoms with Gasteiger partial charge in [0.2, 0.25) is 0 Å². The molecule has 8 nitrogen and oxygen atoms in total. The lowest BCUT2D eigenvalue weighted by atomic mass is 10.1. The van der Waals surface area contributed by atoms with Crippen molar-refractivity contribution in [1.29, 1.82) is 0 Å². The molecule has 1 aromatic carbocycles. The predicted octanol–water partition coefficient (Wildman–Crippen LogP) is 1.81. The zero-order valence-electron chi connectivity index (χ0n) is 12.4. The second-order valence-electron chi connectivity index (χ2n) is 5.05. The van der Waals surface area contributed by atoms with Crippen LogP contribution in [-0.4, -0.2) is 38.1 Å². The Balaban J connectivity index is 2.17. The predicted molar refractivity (Wildman–Crippen MR) is 91.2 cm³/mol. The second kappa shape index (κ2) is 6.58. The number of carbonyl (C=O) groups is 2. The minimum Gasteiger partial charge on any atom is -0.480 e. The number of halogens is 2. The van der Waals surface area contributed by atoms with Gasteiger partial charge in [0.25, 0.3) is 5.91 Å². The second-order valence-corrected chi connectivity index (χ2v) is 5.92. The van der Waals surface area contributed by atoms with Gasteiger partial charge in [0.05, 0.1) is 5.69 Å². The highest BCUT2D eigenvalue weighted by Gasteiger charge is 2.20. The number of rotatable bonds is 4. The van der Waals surface area contributed by atoms with Gasteiger partial charge in [0, 0.05) is 21.7 Å². The lowest BCUT2D eigenvalue weighted by Gasteiger charge is -2.09. The van der Waals surface area contributed by atoms with E-state index in [1.54, 1.807) is 18.2 Å². The number of amides is 1. The Hall–Kier alpha value is -2.84. The molecule has 0 atom stereocenters. The van der Waals surface area contributed by atoms with Gasteiger partial charge in [0.15, 0.2) is 11.1 Å². The Labute approximate surface area is 150 Å². The standard InChI is InChI=1S/C15H10Cl2N4O4/c16-8-1-7(2-9(17)3-8)10-4-11(22)13(14-19-6-20-21(10)14)15(25)18-5-12(23)24/h1-4,6H,5H2,(H,18,25)(H,19,20)(H,23,24). The monoisotopic (exact) mass is 380 g/mol. The fourth-order valence-corrected chi connectivity index (χ4v) is 2.90. The number of carboxylic acid groups (broad SMARTS) is 1. The molecule has 25 heavy (non-hydrogen) atoms. The molecule has 0 aliphatic carbocycles. The van der Waals surface area contributed by atoms with Crippen LogP contribution in [0.3, 0.4) is 0 Å². The normalized spacial score (nSPS) is 10.8. The molecule has 0 unspecified atom stereocenters. The number of hydrogen-bond donors (Lipinski definition) is 3. The van der Waals surface area contributed by atoms with Gasteiger partial charge in [-0.15, -0.1) is 0 Å². The van der Waals surface area contributed by atoms with E-state index in [2.05, 4.69) is 15.4 Å². The summed E-state index contributed by atoms with van der Waals surface area (Å²) in [5.74, 6) is -2.05. The lowest BCUT2D eigenvalue weighted by Crippen LogP contribution is -2.33. The fraction of sp³-hybridized carbons (Fsp3) is 0.0667.